The van der Waals surface area contributed by atoms with Crippen molar-refractivity contribution in [3.8, 4) is 5.75 Å². The molecule has 1 aliphatic rings. The topological polar surface area (TPSA) is 21.3 Å². The van der Waals surface area contributed by atoms with Gasteiger partial charge in [-0.1, -0.05) is 18.2 Å². The van der Waals surface area contributed by atoms with Crippen LogP contribution < -0.4 is 10.1 Å². The van der Waals surface area contributed by atoms with Crippen molar-refractivity contribution in [3.05, 3.63) is 51.7 Å². The lowest BCUT2D eigenvalue weighted by Crippen LogP contribution is -2.24. The van der Waals surface area contributed by atoms with Crippen LogP contribution in [0.5, 0.6) is 5.75 Å². The summed E-state index contributed by atoms with van der Waals surface area (Å²) < 4.78 is 5.92. The van der Waals surface area contributed by atoms with E-state index >= 15 is 0 Å². The molecule has 1 N–H and O–H groups in total. The molecule has 0 bridgehead atoms. The number of thiophene rings is 1. The number of benzene rings is 1. The van der Waals surface area contributed by atoms with Crippen molar-refractivity contribution in [1.29, 1.82) is 0 Å². The molecule has 0 saturated carbocycles. The first kappa shape index (κ1) is 13.7. The highest BCUT2D eigenvalue weighted by atomic mass is 32.1. The number of hydrogen-bond donors (Lipinski definition) is 1. The predicted octanol–water partition coefficient (Wildman–Crippen LogP) is 4.31. The molecular formula is C17H21NOS. The Morgan fingerprint density at radius 1 is 1.35 bits per heavy atom. The molecule has 3 rings (SSSR count). The second-order valence-electron chi connectivity index (χ2n) is 6.10. The van der Waals surface area contributed by atoms with Gasteiger partial charge in [-0.3, -0.25) is 0 Å². The summed E-state index contributed by atoms with van der Waals surface area (Å²) in [4.78, 5) is 1.38. The van der Waals surface area contributed by atoms with Crippen LogP contribution in [0.15, 0.2) is 35.7 Å². The normalized spacial score (nSPS) is 17.6. The monoisotopic (exact) mass is 287 g/mol. The number of hydrogen-bond acceptors (Lipinski definition) is 3. The lowest BCUT2D eigenvalue weighted by atomic mass is 10.00. The molecule has 0 amide bonds. The Morgan fingerprint density at radius 2 is 2.20 bits per heavy atom. The van der Waals surface area contributed by atoms with Gasteiger partial charge in [-0.05, 0) is 49.4 Å². The molecule has 2 heterocycles. The second kappa shape index (κ2) is 5.23. The zero-order chi connectivity index (χ0) is 14.2. The van der Waals surface area contributed by atoms with E-state index in [4.69, 9.17) is 4.74 Å². The maximum Gasteiger partial charge on any atom is 0.123 e. The van der Waals surface area contributed by atoms with Gasteiger partial charge in [-0.2, -0.15) is 0 Å². The molecule has 1 aliphatic heterocycles. The summed E-state index contributed by atoms with van der Waals surface area (Å²) >= 11 is 1.80. The fourth-order valence-corrected chi connectivity index (χ4v) is 3.44. The van der Waals surface area contributed by atoms with Gasteiger partial charge < -0.3 is 10.1 Å². The Kier molecular flexibility index (Phi) is 3.57. The zero-order valence-corrected chi connectivity index (χ0v) is 13.1. The summed E-state index contributed by atoms with van der Waals surface area (Å²) in [6.45, 7) is 7.39. The molecule has 0 spiro atoms. The average Bonchev–Trinajstić information content (AvgIpc) is 3.00. The zero-order valence-electron chi connectivity index (χ0n) is 12.3. The fourth-order valence-electron chi connectivity index (χ4n) is 2.68. The largest absolute Gasteiger partial charge is 0.487 e. The third-order valence-corrected chi connectivity index (χ3v) is 4.76. The van der Waals surface area contributed by atoms with Gasteiger partial charge in [-0.25, -0.2) is 0 Å². The molecule has 0 aliphatic carbocycles. The van der Waals surface area contributed by atoms with E-state index in [9.17, 15) is 0 Å². The van der Waals surface area contributed by atoms with Gasteiger partial charge in [-0.15, -0.1) is 11.3 Å². The summed E-state index contributed by atoms with van der Waals surface area (Å²) in [6.07, 6.45) is 0.997. The van der Waals surface area contributed by atoms with Crippen molar-refractivity contribution >= 4 is 11.3 Å². The molecule has 0 fully saturated rings. The van der Waals surface area contributed by atoms with Gasteiger partial charge in [0.1, 0.15) is 11.4 Å². The van der Waals surface area contributed by atoms with Crippen molar-refractivity contribution < 1.29 is 4.74 Å². The van der Waals surface area contributed by atoms with E-state index in [1.54, 1.807) is 11.3 Å². The molecule has 2 nitrogen and oxygen atoms in total. The molecule has 106 valence electrons. The van der Waals surface area contributed by atoms with Crippen molar-refractivity contribution in [2.75, 3.05) is 0 Å². The van der Waals surface area contributed by atoms with Crippen LogP contribution in [-0.4, -0.2) is 5.60 Å². The second-order valence-corrected chi connectivity index (χ2v) is 7.08. The van der Waals surface area contributed by atoms with Gasteiger partial charge in [0.2, 0.25) is 0 Å². The maximum atomic E-state index is 5.92. The van der Waals surface area contributed by atoms with Crippen LogP contribution in [0, 0.1) is 0 Å². The van der Waals surface area contributed by atoms with Gasteiger partial charge in [0.25, 0.3) is 0 Å². The average molecular weight is 287 g/mol. The van der Waals surface area contributed by atoms with Gasteiger partial charge in [0.05, 0.1) is 0 Å². The first-order valence-corrected chi connectivity index (χ1v) is 7.99. The van der Waals surface area contributed by atoms with E-state index in [1.165, 1.54) is 16.0 Å². The number of fused-ring (bicyclic) bond motifs is 1. The quantitative estimate of drug-likeness (QED) is 0.904. The molecule has 2 aromatic rings. The number of rotatable bonds is 4. The summed E-state index contributed by atoms with van der Waals surface area (Å²) in [5.74, 6) is 1.05. The number of ether oxygens (including phenoxy) is 1. The molecule has 1 aromatic carbocycles. The van der Waals surface area contributed by atoms with E-state index in [0.29, 0.717) is 6.04 Å². The minimum atomic E-state index is -0.0569. The highest BCUT2D eigenvalue weighted by molar-refractivity contribution is 7.10. The third-order valence-electron chi connectivity index (χ3n) is 3.71. The van der Waals surface area contributed by atoms with Crippen LogP contribution in [0.2, 0.25) is 0 Å². The first-order chi connectivity index (χ1) is 9.53. The fraction of sp³-hybridized carbons (Fsp3) is 0.412. The van der Waals surface area contributed by atoms with Crippen LogP contribution in [0.4, 0.5) is 0 Å². The smallest absolute Gasteiger partial charge is 0.123 e. The number of nitrogens with one attached hydrogen (secondary N) is 1. The molecule has 3 heteroatoms. The summed E-state index contributed by atoms with van der Waals surface area (Å²) in [5, 5.41) is 5.71. The van der Waals surface area contributed by atoms with Crippen LogP contribution in [0.1, 0.15) is 42.8 Å². The maximum absolute atomic E-state index is 5.92. The van der Waals surface area contributed by atoms with Gasteiger partial charge >= 0.3 is 0 Å². The first-order valence-electron chi connectivity index (χ1n) is 7.11. The lowest BCUT2D eigenvalue weighted by molar-refractivity contribution is 0.138. The van der Waals surface area contributed by atoms with Crippen LogP contribution in [0.3, 0.4) is 0 Å². The van der Waals surface area contributed by atoms with E-state index in [0.717, 1.165) is 18.7 Å². The standard InChI is InChI=1S/C17H21NOS/c1-12(16-5-4-8-20-16)18-11-13-6-7-15-14(9-13)10-17(2,3)19-15/h4-9,12,18H,10-11H2,1-3H3. The summed E-state index contributed by atoms with van der Waals surface area (Å²) in [6, 6.07) is 11.2. The molecule has 1 aromatic heterocycles. The molecule has 1 atom stereocenters. The van der Waals surface area contributed by atoms with E-state index < -0.39 is 0 Å². The SMILES string of the molecule is CC(NCc1ccc2c(c1)CC(C)(C)O2)c1cccs1. The predicted molar refractivity (Wildman–Crippen MR) is 84.4 cm³/mol. The van der Waals surface area contributed by atoms with E-state index in [2.05, 4.69) is 61.8 Å². The Hall–Kier alpha value is -1.32. The van der Waals surface area contributed by atoms with Crippen molar-refractivity contribution in [1.82, 2.24) is 5.32 Å². The van der Waals surface area contributed by atoms with Crippen LogP contribution in [0.25, 0.3) is 0 Å². The minimum Gasteiger partial charge on any atom is -0.487 e. The minimum absolute atomic E-state index is 0.0569. The third kappa shape index (κ3) is 2.89. The van der Waals surface area contributed by atoms with Gasteiger partial charge in [0, 0.05) is 23.9 Å². The summed E-state index contributed by atoms with van der Waals surface area (Å²) in [5.41, 5.74) is 2.60. The summed E-state index contributed by atoms with van der Waals surface area (Å²) in [7, 11) is 0. The molecule has 20 heavy (non-hydrogen) atoms. The van der Waals surface area contributed by atoms with Crippen LogP contribution >= 0.6 is 11.3 Å². The van der Waals surface area contributed by atoms with E-state index in [1.807, 2.05) is 0 Å². The molecule has 0 radical (unpaired) electrons. The highest BCUT2D eigenvalue weighted by Crippen LogP contribution is 2.35. The Bertz CT molecular complexity index is 589. The molecular weight excluding hydrogens is 266 g/mol. The van der Waals surface area contributed by atoms with Crippen molar-refractivity contribution in [3.63, 3.8) is 0 Å². The Morgan fingerprint density at radius 3 is 2.95 bits per heavy atom. The van der Waals surface area contributed by atoms with Gasteiger partial charge in [0.15, 0.2) is 0 Å². The molecule has 1 unspecified atom stereocenters. The Labute approximate surface area is 124 Å². The molecule has 0 saturated heterocycles. The van der Waals surface area contributed by atoms with E-state index in [-0.39, 0.29) is 5.60 Å². The lowest BCUT2D eigenvalue weighted by Gasteiger charge is -2.16. The van der Waals surface area contributed by atoms with Crippen LogP contribution in [-0.2, 0) is 13.0 Å². The Balaban J connectivity index is 1.65. The van der Waals surface area contributed by atoms with Crippen molar-refractivity contribution in [2.24, 2.45) is 0 Å². The highest BCUT2D eigenvalue weighted by Gasteiger charge is 2.29. The van der Waals surface area contributed by atoms with Crippen molar-refractivity contribution in [2.45, 2.75) is 45.4 Å².